The molecule has 0 amide bonds. The van der Waals surface area contributed by atoms with Gasteiger partial charge in [-0.05, 0) is 81.4 Å². The molecule has 0 aliphatic rings. The normalized spacial score (nSPS) is 11.2. The van der Waals surface area contributed by atoms with Gasteiger partial charge in [0, 0.05) is 37.1 Å². The van der Waals surface area contributed by atoms with E-state index in [4.69, 9.17) is 0 Å². The average molecular weight is 656 g/mol. The van der Waals surface area contributed by atoms with Gasteiger partial charge >= 0.3 is 0 Å². The SMILES string of the molecule is c1ccc(-c2ccc(N(c3ccc4sc5ccccc5c4c3)c3cccc(-c4ccccc4)c3-c3ccccc3-c3ccccc3)cc2)cc1. The maximum atomic E-state index is 2.45. The summed E-state index contributed by atoms with van der Waals surface area (Å²) in [5.41, 5.74) is 12.9. The van der Waals surface area contributed by atoms with Crippen LogP contribution in [0.25, 0.3) is 64.7 Å². The number of benzene rings is 8. The number of fused-ring (bicyclic) bond motifs is 3. The Labute approximate surface area is 297 Å². The van der Waals surface area contributed by atoms with E-state index in [0.717, 1.165) is 17.1 Å². The van der Waals surface area contributed by atoms with Gasteiger partial charge in [-0.15, -0.1) is 11.3 Å². The van der Waals surface area contributed by atoms with E-state index in [0.29, 0.717) is 0 Å². The van der Waals surface area contributed by atoms with Crippen molar-refractivity contribution in [2.45, 2.75) is 0 Å². The van der Waals surface area contributed by atoms with Crippen LogP contribution in [0.4, 0.5) is 17.1 Å². The predicted molar refractivity (Wildman–Crippen MR) is 216 cm³/mol. The van der Waals surface area contributed by atoms with Gasteiger partial charge in [-0.2, -0.15) is 0 Å². The van der Waals surface area contributed by atoms with Gasteiger partial charge in [0.1, 0.15) is 0 Å². The smallest absolute Gasteiger partial charge is 0.0546 e. The summed E-state index contributed by atoms with van der Waals surface area (Å²) in [5, 5.41) is 2.57. The number of nitrogens with zero attached hydrogens (tertiary/aromatic N) is 1. The first-order valence-corrected chi connectivity index (χ1v) is 17.8. The van der Waals surface area contributed by atoms with Crippen molar-refractivity contribution in [1.29, 1.82) is 0 Å². The monoisotopic (exact) mass is 655 g/mol. The molecule has 0 N–H and O–H groups in total. The van der Waals surface area contributed by atoms with Crippen LogP contribution in [0.1, 0.15) is 0 Å². The number of hydrogen-bond donors (Lipinski definition) is 0. The summed E-state index contributed by atoms with van der Waals surface area (Å²) in [6.45, 7) is 0. The summed E-state index contributed by atoms with van der Waals surface area (Å²) in [6.07, 6.45) is 0. The Morgan fingerprint density at radius 3 is 1.56 bits per heavy atom. The van der Waals surface area contributed by atoms with Crippen molar-refractivity contribution in [2.24, 2.45) is 0 Å². The minimum Gasteiger partial charge on any atom is -0.310 e. The summed E-state index contributed by atoms with van der Waals surface area (Å²) in [6, 6.07) is 72.4. The van der Waals surface area contributed by atoms with Gasteiger partial charge < -0.3 is 4.90 Å². The van der Waals surface area contributed by atoms with Crippen LogP contribution in [0.5, 0.6) is 0 Å². The molecule has 0 aliphatic carbocycles. The van der Waals surface area contributed by atoms with Crippen LogP contribution < -0.4 is 4.90 Å². The zero-order valence-corrected chi connectivity index (χ0v) is 28.2. The minimum atomic E-state index is 1.10. The second-order valence-electron chi connectivity index (χ2n) is 12.5. The zero-order chi connectivity index (χ0) is 33.3. The van der Waals surface area contributed by atoms with Crippen LogP contribution in [0, 0.1) is 0 Å². The lowest BCUT2D eigenvalue weighted by Gasteiger charge is -2.30. The quantitative estimate of drug-likeness (QED) is 0.165. The summed E-state index contributed by atoms with van der Waals surface area (Å²) in [5.74, 6) is 0. The van der Waals surface area contributed by atoms with Gasteiger partial charge in [-0.25, -0.2) is 0 Å². The molecule has 1 nitrogen and oxygen atoms in total. The molecule has 9 rings (SSSR count). The Balaban J connectivity index is 1.33. The molecule has 0 spiro atoms. The third kappa shape index (κ3) is 5.46. The maximum Gasteiger partial charge on any atom is 0.0546 e. The third-order valence-electron chi connectivity index (χ3n) is 9.50. The van der Waals surface area contributed by atoms with Crippen LogP contribution >= 0.6 is 11.3 Å². The Hall–Kier alpha value is -6.22. The second kappa shape index (κ2) is 13.0. The minimum absolute atomic E-state index is 1.10. The van der Waals surface area contributed by atoms with E-state index >= 15 is 0 Å². The van der Waals surface area contributed by atoms with E-state index in [1.165, 1.54) is 64.7 Å². The van der Waals surface area contributed by atoms with Crippen LogP contribution in [-0.2, 0) is 0 Å². The molecule has 0 aliphatic heterocycles. The van der Waals surface area contributed by atoms with Crippen LogP contribution in [-0.4, -0.2) is 0 Å². The van der Waals surface area contributed by atoms with Crippen molar-refractivity contribution in [3.8, 4) is 44.5 Å². The molecule has 0 saturated carbocycles. The number of hydrogen-bond acceptors (Lipinski definition) is 2. The van der Waals surface area contributed by atoms with Gasteiger partial charge in [-0.1, -0.05) is 158 Å². The van der Waals surface area contributed by atoms with E-state index in [1.807, 2.05) is 11.3 Å². The van der Waals surface area contributed by atoms with Crippen LogP contribution in [0.3, 0.4) is 0 Å². The summed E-state index contributed by atoms with van der Waals surface area (Å²) in [4.78, 5) is 2.45. The maximum absolute atomic E-state index is 2.45. The highest BCUT2D eigenvalue weighted by Crippen LogP contribution is 2.49. The molecule has 0 fully saturated rings. The second-order valence-corrected chi connectivity index (χ2v) is 13.6. The van der Waals surface area contributed by atoms with E-state index in [-0.39, 0.29) is 0 Å². The molecule has 8 aromatic carbocycles. The Kier molecular flexibility index (Phi) is 7.77. The standard InChI is InChI=1S/C48H33NS/c1-4-15-34(16-5-1)35-27-29-38(30-28-35)49(39-31-32-47-44(33-39)42-22-12-13-26-46(42)50-47)45-25-14-24-41(37-19-8-3-9-20-37)48(45)43-23-11-10-21-40(43)36-17-6-2-7-18-36/h1-33H. The van der Waals surface area contributed by atoms with Crippen molar-refractivity contribution in [3.05, 3.63) is 200 Å². The largest absolute Gasteiger partial charge is 0.310 e. The molecule has 50 heavy (non-hydrogen) atoms. The summed E-state index contributed by atoms with van der Waals surface area (Å²) in [7, 11) is 0. The third-order valence-corrected chi connectivity index (χ3v) is 10.7. The Bertz CT molecular complexity index is 2570. The fourth-order valence-corrected chi connectivity index (χ4v) is 8.24. The van der Waals surface area contributed by atoms with Gasteiger partial charge in [-0.3, -0.25) is 0 Å². The van der Waals surface area contributed by atoms with Crippen molar-refractivity contribution >= 4 is 48.6 Å². The van der Waals surface area contributed by atoms with E-state index in [9.17, 15) is 0 Å². The van der Waals surface area contributed by atoms with Crippen molar-refractivity contribution in [1.82, 2.24) is 0 Å². The predicted octanol–water partition coefficient (Wildman–Crippen LogP) is 14.2. The molecule has 0 saturated heterocycles. The first-order chi connectivity index (χ1) is 24.8. The van der Waals surface area contributed by atoms with Crippen molar-refractivity contribution < 1.29 is 0 Å². The van der Waals surface area contributed by atoms with E-state index in [1.54, 1.807) is 0 Å². The summed E-state index contributed by atoms with van der Waals surface area (Å²) < 4.78 is 2.60. The topological polar surface area (TPSA) is 3.24 Å². The van der Waals surface area contributed by atoms with Gasteiger partial charge in [0.25, 0.3) is 0 Å². The lowest BCUT2D eigenvalue weighted by molar-refractivity contribution is 1.29. The first-order valence-electron chi connectivity index (χ1n) is 17.0. The number of rotatable bonds is 7. The van der Waals surface area contributed by atoms with Crippen LogP contribution in [0.2, 0.25) is 0 Å². The summed E-state index contributed by atoms with van der Waals surface area (Å²) >= 11 is 1.85. The van der Waals surface area contributed by atoms with E-state index < -0.39 is 0 Å². The van der Waals surface area contributed by atoms with Gasteiger partial charge in [0.2, 0.25) is 0 Å². The average Bonchev–Trinajstić information content (AvgIpc) is 3.57. The van der Waals surface area contributed by atoms with Gasteiger partial charge in [0.15, 0.2) is 0 Å². The Morgan fingerprint density at radius 1 is 0.320 bits per heavy atom. The molecular formula is C48H33NS. The lowest BCUT2D eigenvalue weighted by atomic mass is 9.87. The van der Waals surface area contributed by atoms with E-state index in [2.05, 4.69) is 205 Å². The molecule has 0 radical (unpaired) electrons. The molecule has 1 aromatic heterocycles. The van der Waals surface area contributed by atoms with Crippen molar-refractivity contribution in [3.63, 3.8) is 0 Å². The first kappa shape index (κ1) is 29.9. The molecule has 9 aromatic rings. The molecule has 0 atom stereocenters. The lowest BCUT2D eigenvalue weighted by Crippen LogP contribution is -2.12. The molecule has 0 bridgehead atoms. The fraction of sp³-hybridized carbons (Fsp3) is 0. The molecule has 236 valence electrons. The zero-order valence-electron chi connectivity index (χ0n) is 27.4. The molecule has 1 heterocycles. The molecule has 2 heteroatoms. The van der Waals surface area contributed by atoms with Crippen molar-refractivity contribution in [2.75, 3.05) is 4.90 Å². The highest BCUT2D eigenvalue weighted by atomic mass is 32.1. The Morgan fingerprint density at radius 2 is 0.840 bits per heavy atom. The molecular weight excluding hydrogens is 623 g/mol. The number of thiophene rings is 1. The number of anilines is 3. The van der Waals surface area contributed by atoms with Gasteiger partial charge in [0.05, 0.1) is 5.69 Å². The van der Waals surface area contributed by atoms with Crippen LogP contribution in [0.15, 0.2) is 200 Å². The highest BCUT2D eigenvalue weighted by molar-refractivity contribution is 7.25. The molecule has 0 unspecified atom stereocenters. The highest BCUT2D eigenvalue weighted by Gasteiger charge is 2.23. The fourth-order valence-electron chi connectivity index (χ4n) is 7.15.